The van der Waals surface area contributed by atoms with Crippen molar-refractivity contribution in [3.05, 3.63) is 41.9 Å². The Balaban J connectivity index is 1.56. The highest BCUT2D eigenvalue weighted by Crippen LogP contribution is 2.34. The summed E-state index contributed by atoms with van der Waals surface area (Å²) in [6, 6.07) is 0.144. The molecule has 0 spiro atoms. The standard InChI is InChI=1S/C16H17F3N8/c1-9-12(7-23-27(9)10-5-13-21-3-4-26(13)8-10)24-15-22-6-11(16(17,18)19)14(20-2)25-15/h3-4,6-7,10H,5,8H2,1-2H3,(H2,20,22,24,25). The van der Waals surface area contributed by atoms with E-state index in [1.54, 1.807) is 12.4 Å². The number of alkyl halides is 3. The van der Waals surface area contributed by atoms with Gasteiger partial charge in [-0.1, -0.05) is 0 Å². The van der Waals surface area contributed by atoms with E-state index in [0.29, 0.717) is 5.69 Å². The molecule has 3 aromatic rings. The van der Waals surface area contributed by atoms with Crippen molar-refractivity contribution < 1.29 is 13.2 Å². The fourth-order valence-corrected chi connectivity index (χ4v) is 3.24. The molecular weight excluding hydrogens is 361 g/mol. The molecule has 142 valence electrons. The monoisotopic (exact) mass is 378 g/mol. The summed E-state index contributed by atoms with van der Waals surface area (Å²) >= 11 is 0. The van der Waals surface area contributed by atoms with Gasteiger partial charge in [0.1, 0.15) is 17.2 Å². The topological polar surface area (TPSA) is 85.5 Å². The Bertz CT molecular complexity index is 954. The zero-order valence-corrected chi connectivity index (χ0v) is 14.6. The molecule has 0 saturated heterocycles. The Hall–Kier alpha value is -3.11. The van der Waals surface area contributed by atoms with Crippen LogP contribution < -0.4 is 10.6 Å². The van der Waals surface area contributed by atoms with Crippen molar-refractivity contribution in [2.45, 2.75) is 32.1 Å². The van der Waals surface area contributed by atoms with Crippen molar-refractivity contribution in [3.63, 3.8) is 0 Å². The maximum Gasteiger partial charge on any atom is 0.421 e. The van der Waals surface area contributed by atoms with Crippen molar-refractivity contribution >= 4 is 17.5 Å². The summed E-state index contributed by atoms with van der Waals surface area (Å²) in [5.74, 6) is 0.787. The van der Waals surface area contributed by atoms with Crippen molar-refractivity contribution in [3.8, 4) is 0 Å². The molecule has 1 aliphatic heterocycles. The molecule has 0 fully saturated rings. The van der Waals surface area contributed by atoms with Crippen LogP contribution in [0, 0.1) is 6.92 Å². The summed E-state index contributed by atoms with van der Waals surface area (Å²) in [7, 11) is 1.38. The largest absolute Gasteiger partial charge is 0.421 e. The maximum atomic E-state index is 13.0. The highest BCUT2D eigenvalue weighted by Gasteiger charge is 2.35. The average molecular weight is 378 g/mol. The van der Waals surface area contributed by atoms with E-state index in [4.69, 9.17) is 0 Å². The lowest BCUT2D eigenvalue weighted by Crippen LogP contribution is -2.14. The van der Waals surface area contributed by atoms with Gasteiger partial charge >= 0.3 is 6.18 Å². The predicted octanol–water partition coefficient (Wildman–Crippen LogP) is 2.78. The number of rotatable bonds is 4. The Morgan fingerprint density at radius 1 is 1.22 bits per heavy atom. The number of hydrogen-bond donors (Lipinski definition) is 2. The third-order valence-corrected chi connectivity index (χ3v) is 4.60. The summed E-state index contributed by atoms with van der Waals surface area (Å²) in [6.07, 6.45) is 2.34. The highest BCUT2D eigenvalue weighted by molar-refractivity contribution is 5.58. The maximum absolute atomic E-state index is 13.0. The van der Waals surface area contributed by atoms with Crippen molar-refractivity contribution in [2.75, 3.05) is 17.7 Å². The Morgan fingerprint density at radius 3 is 2.74 bits per heavy atom. The molecule has 11 heteroatoms. The molecule has 0 amide bonds. The second-order valence-electron chi connectivity index (χ2n) is 6.27. The van der Waals surface area contributed by atoms with E-state index in [9.17, 15) is 13.2 Å². The molecule has 8 nitrogen and oxygen atoms in total. The number of aromatic nitrogens is 6. The number of nitrogens with zero attached hydrogens (tertiary/aromatic N) is 6. The van der Waals surface area contributed by atoms with Gasteiger partial charge in [0.05, 0.1) is 23.6 Å². The number of imidazole rings is 1. The van der Waals surface area contributed by atoms with Gasteiger partial charge in [-0.15, -0.1) is 0 Å². The number of anilines is 3. The molecular formula is C16H17F3N8. The number of halogens is 3. The van der Waals surface area contributed by atoms with Crippen LogP contribution in [0.25, 0.3) is 0 Å². The molecule has 0 saturated carbocycles. The number of nitrogens with one attached hydrogen (secondary N) is 2. The smallest absolute Gasteiger partial charge is 0.372 e. The lowest BCUT2D eigenvalue weighted by Gasteiger charge is -2.14. The first-order chi connectivity index (χ1) is 12.9. The van der Waals surface area contributed by atoms with E-state index in [1.807, 2.05) is 17.8 Å². The normalized spacial score (nSPS) is 16.4. The van der Waals surface area contributed by atoms with Gasteiger partial charge in [-0.3, -0.25) is 4.68 Å². The van der Waals surface area contributed by atoms with Crippen LogP contribution in [0.1, 0.15) is 23.1 Å². The second kappa shape index (κ2) is 6.25. The lowest BCUT2D eigenvalue weighted by atomic mass is 10.2. The van der Waals surface area contributed by atoms with E-state index in [0.717, 1.165) is 30.7 Å². The van der Waals surface area contributed by atoms with E-state index < -0.39 is 11.7 Å². The molecule has 0 aliphatic carbocycles. The Labute approximate surface area is 152 Å². The fraction of sp³-hybridized carbons (Fsp3) is 0.375. The van der Waals surface area contributed by atoms with E-state index in [1.165, 1.54) is 7.05 Å². The summed E-state index contributed by atoms with van der Waals surface area (Å²) in [5, 5.41) is 9.83. The zero-order chi connectivity index (χ0) is 19.2. The third-order valence-electron chi connectivity index (χ3n) is 4.60. The first-order valence-electron chi connectivity index (χ1n) is 8.30. The fourth-order valence-electron chi connectivity index (χ4n) is 3.24. The van der Waals surface area contributed by atoms with Crippen LogP contribution >= 0.6 is 0 Å². The SMILES string of the molecule is CNc1nc(Nc2cnn(C3Cc4nccn4C3)c2C)ncc1C(F)(F)F. The van der Waals surface area contributed by atoms with E-state index in [-0.39, 0.29) is 17.8 Å². The summed E-state index contributed by atoms with van der Waals surface area (Å²) < 4.78 is 42.8. The molecule has 0 aromatic carbocycles. The highest BCUT2D eigenvalue weighted by atomic mass is 19.4. The van der Waals surface area contributed by atoms with Crippen molar-refractivity contribution in [2.24, 2.45) is 0 Å². The predicted molar refractivity (Wildman–Crippen MR) is 91.8 cm³/mol. The van der Waals surface area contributed by atoms with Gasteiger partial charge < -0.3 is 15.2 Å². The van der Waals surface area contributed by atoms with Gasteiger partial charge in [0.25, 0.3) is 0 Å². The minimum Gasteiger partial charge on any atom is -0.372 e. The van der Waals surface area contributed by atoms with Crippen LogP contribution in [-0.2, 0) is 19.1 Å². The summed E-state index contributed by atoms with van der Waals surface area (Å²) in [6.45, 7) is 2.66. The number of hydrogen-bond acceptors (Lipinski definition) is 6. The molecule has 4 rings (SSSR count). The quantitative estimate of drug-likeness (QED) is 0.726. The zero-order valence-electron chi connectivity index (χ0n) is 14.6. The minimum atomic E-state index is -4.52. The van der Waals surface area contributed by atoms with Crippen LogP contribution in [-0.4, -0.2) is 36.3 Å². The molecule has 4 heterocycles. The summed E-state index contributed by atoms with van der Waals surface area (Å²) in [4.78, 5) is 12.0. The van der Waals surface area contributed by atoms with Gasteiger partial charge in [-0.2, -0.15) is 23.3 Å². The van der Waals surface area contributed by atoms with Gasteiger partial charge in [0.2, 0.25) is 5.95 Å². The molecule has 1 aliphatic rings. The van der Waals surface area contributed by atoms with Gasteiger partial charge in [-0.25, -0.2) is 9.97 Å². The average Bonchev–Trinajstić information content (AvgIpc) is 3.29. The first kappa shape index (κ1) is 17.3. The van der Waals surface area contributed by atoms with Crippen LogP contribution in [0.5, 0.6) is 0 Å². The Kier molecular flexibility index (Phi) is 4.01. The van der Waals surface area contributed by atoms with Crippen molar-refractivity contribution in [1.29, 1.82) is 0 Å². The van der Waals surface area contributed by atoms with Crippen molar-refractivity contribution in [1.82, 2.24) is 29.3 Å². The van der Waals surface area contributed by atoms with Gasteiger partial charge in [-0.05, 0) is 6.92 Å². The summed E-state index contributed by atoms with van der Waals surface area (Å²) in [5.41, 5.74) is 0.574. The molecule has 1 unspecified atom stereocenters. The molecule has 27 heavy (non-hydrogen) atoms. The first-order valence-corrected chi connectivity index (χ1v) is 8.30. The van der Waals surface area contributed by atoms with Crippen LogP contribution in [0.3, 0.4) is 0 Å². The van der Waals surface area contributed by atoms with Crippen LogP contribution in [0.4, 0.5) is 30.6 Å². The lowest BCUT2D eigenvalue weighted by molar-refractivity contribution is -0.137. The van der Waals surface area contributed by atoms with Gasteiger partial charge in [0.15, 0.2) is 0 Å². The molecule has 1 atom stereocenters. The molecule has 0 radical (unpaired) electrons. The molecule has 0 bridgehead atoms. The molecule has 3 aromatic heterocycles. The van der Waals surface area contributed by atoms with Gasteiger partial charge in [0, 0.05) is 38.6 Å². The van der Waals surface area contributed by atoms with Crippen LogP contribution in [0.15, 0.2) is 24.8 Å². The minimum absolute atomic E-state index is 0.0642. The number of fused-ring (bicyclic) bond motifs is 1. The van der Waals surface area contributed by atoms with E-state index >= 15 is 0 Å². The van der Waals surface area contributed by atoms with E-state index in [2.05, 4.69) is 35.3 Å². The molecule has 2 N–H and O–H groups in total. The van der Waals surface area contributed by atoms with Crippen LogP contribution in [0.2, 0.25) is 0 Å². The Morgan fingerprint density at radius 2 is 2.04 bits per heavy atom. The third kappa shape index (κ3) is 3.09. The second-order valence-corrected chi connectivity index (χ2v) is 6.27.